The molecule has 0 unspecified atom stereocenters. The highest BCUT2D eigenvalue weighted by atomic mass is 19.1. The summed E-state index contributed by atoms with van der Waals surface area (Å²) in [5, 5.41) is 3.32. The van der Waals surface area contributed by atoms with Gasteiger partial charge in [0.2, 0.25) is 0 Å². The minimum atomic E-state index is -0.501. The van der Waals surface area contributed by atoms with Gasteiger partial charge in [0.15, 0.2) is 0 Å². The molecule has 0 aliphatic heterocycles. The van der Waals surface area contributed by atoms with E-state index in [2.05, 4.69) is 12.2 Å². The molecule has 0 spiro atoms. The van der Waals surface area contributed by atoms with E-state index in [1.165, 1.54) is 6.07 Å². The normalized spacial score (nSPS) is 17.4. The second-order valence-corrected chi connectivity index (χ2v) is 4.58. The lowest BCUT2D eigenvalue weighted by Gasteiger charge is -2.17. The van der Waals surface area contributed by atoms with Crippen LogP contribution in [0.2, 0.25) is 0 Å². The predicted molar refractivity (Wildman–Crippen MR) is 60.4 cm³/mol. The zero-order valence-electron chi connectivity index (χ0n) is 9.52. The van der Waals surface area contributed by atoms with Crippen molar-refractivity contribution in [1.29, 1.82) is 0 Å². The first kappa shape index (κ1) is 11.5. The Morgan fingerprint density at radius 2 is 2.06 bits per heavy atom. The molecule has 0 amide bonds. The van der Waals surface area contributed by atoms with Crippen molar-refractivity contribution in [3.8, 4) is 0 Å². The Kier molecular flexibility index (Phi) is 3.24. The third-order valence-electron chi connectivity index (χ3n) is 3.25. The highest BCUT2D eigenvalue weighted by Crippen LogP contribution is 2.48. The highest BCUT2D eigenvalue weighted by molar-refractivity contribution is 5.33. The van der Waals surface area contributed by atoms with Crippen molar-refractivity contribution in [3.63, 3.8) is 0 Å². The third kappa shape index (κ3) is 2.24. The van der Waals surface area contributed by atoms with Crippen molar-refractivity contribution in [2.45, 2.75) is 31.6 Å². The Morgan fingerprint density at radius 3 is 2.62 bits per heavy atom. The van der Waals surface area contributed by atoms with E-state index in [-0.39, 0.29) is 5.41 Å². The van der Waals surface area contributed by atoms with Gasteiger partial charge in [0.25, 0.3) is 0 Å². The van der Waals surface area contributed by atoms with Gasteiger partial charge in [-0.1, -0.05) is 13.0 Å². The first-order valence-corrected chi connectivity index (χ1v) is 5.84. The number of rotatable bonds is 5. The molecule has 0 aromatic heterocycles. The van der Waals surface area contributed by atoms with E-state index in [1.54, 1.807) is 6.07 Å². The van der Waals surface area contributed by atoms with Crippen LogP contribution >= 0.6 is 0 Å². The molecular formula is C13H17F2N. The Hall–Kier alpha value is -0.960. The molecule has 0 saturated heterocycles. The van der Waals surface area contributed by atoms with Crippen LogP contribution in [0.5, 0.6) is 0 Å². The quantitative estimate of drug-likeness (QED) is 0.760. The molecule has 1 N–H and O–H groups in total. The molecule has 2 rings (SSSR count). The Bertz CT molecular complexity index is 372. The van der Waals surface area contributed by atoms with Crippen LogP contribution in [0.3, 0.4) is 0 Å². The standard InChI is InChI=1S/C13H17F2N/c1-2-7-16-9-13(5-6-13)11-4-3-10(14)8-12(11)15/h3-4,8,16H,2,5-7,9H2,1H3. The van der Waals surface area contributed by atoms with Gasteiger partial charge in [-0.05, 0) is 37.4 Å². The minimum absolute atomic E-state index is 0.0764. The van der Waals surface area contributed by atoms with Crippen molar-refractivity contribution in [3.05, 3.63) is 35.4 Å². The molecule has 1 aliphatic rings. The molecule has 0 heterocycles. The van der Waals surface area contributed by atoms with E-state index >= 15 is 0 Å². The van der Waals surface area contributed by atoms with Crippen LogP contribution in [0.1, 0.15) is 31.7 Å². The first-order chi connectivity index (χ1) is 7.68. The Labute approximate surface area is 94.9 Å². The number of halogens is 2. The van der Waals surface area contributed by atoms with Gasteiger partial charge >= 0.3 is 0 Å². The monoisotopic (exact) mass is 225 g/mol. The molecule has 1 aliphatic carbocycles. The number of hydrogen-bond acceptors (Lipinski definition) is 1. The average molecular weight is 225 g/mol. The number of hydrogen-bond donors (Lipinski definition) is 1. The molecule has 88 valence electrons. The zero-order valence-corrected chi connectivity index (χ0v) is 9.52. The van der Waals surface area contributed by atoms with Gasteiger partial charge < -0.3 is 5.32 Å². The molecule has 1 fully saturated rings. The Morgan fingerprint density at radius 1 is 1.31 bits per heavy atom. The van der Waals surface area contributed by atoms with E-state index in [0.29, 0.717) is 5.56 Å². The van der Waals surface area contributed by atoms with Gasteiger partial charge in [0.05, 0.1) is 0 Å². The molecule has 0 bridgehead atoms. The maximum absolute atomic E-state index is 13.6. The first-order valence-electron chi connectivity index (χ1n) is 5.84. The van der Waals surface area contributed by atoms with Crippen LogP contribution < -0.4 is 5.32 Å². The molecule has 0 radical (unpaired) electrons. The summed E-state index contributed by atoms with van der Waals surface area (Å²) in [6.07, 6.45) is 3.06. The van der Waals surface area contributed by atoms with Crippen LogP contribution in [0.25, 0.3) is 0 Å². The van der Waals surface area contributed by atoms with E-state index in [0.717, 1.165) is 38.4 Å². The van der Waals surface area contributed by atoms with Gasteiger partial charge in [-0.2, -0.15) is 0 Å². The van der Waals surface area contributed by atoms with Crippen molar-refractivity contribution in [2.75, 3.05) is 13.1 Å². The molecule has 1 nitrogen and oxygen atoms in total. The van der Waals surface area contributed by atoms with Crippen molar-refractivity contribution >= 4 is 0 Å². The van der Waals surface area contributed by atoms with Crippen molar-refractivity contribution < 1.29 is 8.78 Å². The van der Waals surface area contributed by atoms with Crippen LogP contribution in [-0.4, -0.2) is 13.1 Å². The van der Waals surface area contributed by atoms with E-state index in [4.69, 9.17) is 0 Å². The fraction of sp³-hybridized carbons (Fsp3) is 0.538. The summed E-state index contributed by atoms with van der Waals surface area (Å²) >= 11 is 0. The summed E-state index contributed by atoms with van der Waals surface area (Å²) in [4.78, 5) is 0. The topological polar surface area (TPSA) is 12.0 Å². The van der Waals surface area contributed by atoms with Crippen LogP contribution in [0.4, 0.5) is 8.78 Å². The van der Waals surface area contributed by atoms with Crippen LogP contribution in [0.15, 0.2) is 18.2 Å². The second-order valence-electron chi connectivity index (χ2n) is 4.58. The molecule has 0 atom stereocenters. The van der Waals surface area contributed by atoms with Gasteiger partial charge in [0.1, 0.15) is 11.6 Å². The molecule has 1 aromatic rings. The minimum Gasteiger partial charge on any atom is -0.316 e. The van der Waals surface area contributed by atoms with E-state index < -0.39 is 11.6 Å². The summed E-state index contributed by atoms with van der Waals surface area (Å²) in [7, 11) is 0. The molecule has 16 heavy (non-hydrogen) atoms. The van der Waals surface area contributed by atoms with Crippen molar-refractivity contribution in [1.82, 2.24) is 5.32 Å². The van der Waals surface area contributed by atoms with Crippen molar-refractivity contribution in [2.24, 2.45) is 0 Å². The predicted octanol–water partition coefficient (Wildman–Crippen LogP) is 3.00. The summed E-state index contributed by atoms with van der Waals surface area (Å²) in [5.74, 6) is -0.908. The Balaban J connectivity index is 2.10. The second kappa shape index (κ2) is 4.50. The lowest BCUT2D eigenvalue weighted by Crippen LogP contribution is -2.28. The lowest BCUT2D eigenvalue weighted by molar-refractivity contribution is 0.520. The lowest BCUT2D eigenvalue weighted by atomic mass is 9.95. The van der Waals surface area contributed by atoms with Gasteiger partial charge in [0, 0.05) is 18.0 Å². The maximum atomic E-state index is 13.6. The summed E-state index contributed by atoms with van der Waals surface area (Å²) in [5.41, 5.74) is 0.588. The summed E-state index contributed by atoms with van der Waals surface area (Å²) < 4.78 is 26.4. The molecule has 1 aromatic carbocycles. The zero-order chi connectivity index (χ0) is 11.6. The largest absolute Gasteiger partial charge is 0.316 e. The van der Waals surface area contributed by atoms with Crippen LogP contribution in [0, 0.1) is 11.6 Å². The smallest absolute Gasteiger partial charge is 0.129 e. The van der Waals surface area contributed by atoms with Crippen LogP contribution in [-0.2, 0) is 5.41 Å². The van der Waals surface area contributed by atoms with E-state index in [9.17, 15) is 8.78 Å². The maximum Gasteiger partial charge on any atom is 0.129 e. The fourth-order valence-corrected chi connectivity index (χ4v) is 2.12. The SMILES string of the molecule is CCCNCC1(c2ccc(F)cc2F)CC1. The summed E-state index contributed by atoms with van der Waals surface area (Å²) in [6.45, 7) is 3.85. The average Bonchev–Trinajstić information content (AvgIpc) is 2.99. The van der Waals surface area contributed by atoms with E-state index in [1.807, 2.05) is 0 Å². The van der Waals surface area contributed by atoms with Gasteiger partial charge in [-0.15, -0.1) is 0 Å². The van der Waals surface area contributed by atoms with Gasteiger partial charge in [-0.25, -0.2) is 8.78 Å². The molecular weight excluding hydrogens is 208 g/mol. The molecule has 1 saturated carbocycles. The molecule has 3 heteroatoms. The number of benzene rings is 1. The summed E-state index contributed by atoms with van der Waals surface area (Å²) in [6, 6.07) is 3.92. The number of nitrogens with one attached hydrogen (secondary N) is 1. The third-order valence-corrected chi connectivity index (χ3v) is 3.25. The highest BCUT2D eigenvalue weighted by Gasteiger charge is 2.45. The van der Waals surface area contributed by atoms with Gasteiger partial charge in [-0.3, -0.25) is 0 Å². The fourth-order valence-electron chi connectivity index (χ4n) is 2.12.